The van der Waals surface area contributed by atoms with Crippen LogP contribution in [0.1, 0.15) is 38.2 Å². The maximum absolute atomic E-state index is 12.7. The van der Waals surface area contributed by atoms with E-state index in [0.717, 1.165) is 33.6 Å². The van der Waals surface area contributed by atoms with Crippen molar-refractivity contribution in [3.63, 3.8) is 0 Å². The van der Waals surface area contributed by atoms with E-state index in [9.17, 15) is 4.79 Å². The normalized spacial score (nSPS) is 10.6. The highest BCUT2D eigenvalue weighted by Gasteiger charge is 2.13. The van der Waals surface area contributed by atoms with Crippen LogP contribution in [0.2, 0.25) is 0 Å². The lowest BCUT2D eigenvalue weighted by atomic mass is 9.97. The summed E-state index contributed by atoms with van der Waals surface area (Å²) < 4.78 is 0. The summed E-state index contributed by atoms with van der Waals surface area (Å²) in [5.41, 5.74) is 8.22. The first-order valence-electron chi connectivity index (χ1n) is 8.51. The summed E-state index contributed by atoms with van der Waals surface area (Å²) in [6, 6.07) is 19.6. The highest BCUT2D eigenvalue weighted by atomic mass is 16.1. The van der Waals surface area contributed by atoms with E-state index in [-0.39, 0.29) is 5.78 Å². The minimum absolute atomic E-state index is 0.0606. The van der Waals surface area contributed by atoms with Crippen molar-refractivity contribution in [2.45, 2.75) is 27.7 Å². The van der Waals surface area contributed by atoms with Crippen molar-refractivity contribution in [1.82, 2.24) is 0 Å². The zero-order chi connectivity index (χ0) is 18.0. The predicted molar refractivity (Wildman–Crippen MR) is 105 cm³/mol. The molecule has 0 aliphatic heterocycles. The molecule has 3 aromatic rings. The van der Waals surface area contributed by atoms with Crippen LogP contribution in [0.3, 0.4) is 0 Å². The number of aryl methyl sites for hydroxylation is 4. The van der Waals surface area contributed by atoms with E-state index in [1.54, 1.807) is 0 Å². The second-order valence-corrected chi connectivity index (χ2v) is 6.57. The van der Waals surface area contributed by atoms with Crippen LogP contribution < -0.4 is 5.32 Å². The molecular formula is C23H23NO. The maximum atomic E-state index is 12.7. The van der Waals surface area contributed by atoms with Crippen LogP contribution in [-0.4, -0.2) is 5.78 Å². The Morgan fingerprint density at radius 1 is 0.640 bits per heavy atom. The first-order valence-corrected chi connectivity index (χ1v) is 8.51. The lowest BCUT2D eigenvalue weighted by molar-refractivity contribution is 0.103. The van der Waals surface area contributed by atoms with Gasteiger partial charge in [-0.25, -0.2) is 0 Å². The van der Waals surface area contributed by atoms with Crippen molar-refractivity contribution in [2.24, 2.45) is 0 Å². The molecule has 0 heterocycles. The minimum Gasteiger partial charge on any atom is -0.355 e. The van der Waals surface area contributed by atoms with Gasteiger partial charge < -0.3 is 5.32 Å². The van der Waals surface area contributed by atoms with Gasteiger partial charge in [-0.3, -0.25) is 4.79 Å². The van der Waals surface area contributed by atoms with Gasteiger partial charge in [-0.15, -0.1) is 0 Å². The highest BCUT2D eigenvalue weighted by Crippen LogP contribution is 2.30. The number of benzene rings is 3. The van der Waals surface area contributed by atoms with Gasteiger partial charge in [-0.1, -0.05) is 48.5 Å². The second-order valence-electron chi connectivity index (χ2n) is 6.57. The largest absolute Gasteiger partial charge is 0.355 e. The molecule has 2 nitrogen and oxygen atoms in total. The molecule has 0 saturated heterocycles. The van der Waals surface area contributed by atoms with E-state index in [2.05, 4.69) is 37.4 Å². The van der Waals surface area contributed by atoms with Gasteiger partial charge in [0.15, 0.2) is 5.78 Å². The molecule has 0 fully saturated rings. The third-order valence-corrected chi connectivity index (χ3v) is 4.56. The van der Waals surface area contributed by atoms with E-state index in [1.165, 1.54) is 11.1 Å². The zero-order valence-corrected chi connectivity index (χ0v) is 15.2. The third kappa shape index (κ3) is 3.48. The summed E-state index contributed by atoms with van der Waals surface area (Å²) in [5, 5.41) is 3.57. The van der Waals surface area contributed by atoms with Gasteiger partial charge in [0, 0.05) is 22.5 Å². The number of rotatable bonds is 4. The Morgan fingerprint density at radius 2 is 1.16 bits per heavy atom. The Hall–Kier alpha value is -2.87. The molecule has 0 unspecified atom stereocenters. The topological polar surface area (TPSA) is 29.1 Å². The Kier molecular flexibility index (Phi) is 4.71. The fourth-order valence-corrected chi connectivity index (χ4v) is 3.18. The lowest BCUT2D eigenvalue weighted by Gasteiger charge is -2.18. The molecule has 2 heteroatoms. The molecule has 0 aromatic heterocycles. The van der Waals surface area contributed by atoms with E-state index >= 15 is 0 Å². The number of nitrogens with one attached hydrogen (secondary N) is 1. The summed E-state index contributed by atoms with van der Waals surface area (Å²) >= 11 is 0. The fourth-order valence-electron chi connectivity index (χ4n) is 3.18. The Labute approximate surface area is 149 Å². The van der Waals surface area contributed by atoms with E-state index in [1.807, 2.05) is 56.3 Å². The third-order valence-electron chi connectivity index (χ3n) is 4.56. The lowest BCUT2D eigenvalue weighted by Crippen LogP contribution is -2.05. The zero-order valence-electron chi connectivity index (χ0n) is 15.2. The van der Waals surface area contributed by atoms with Crippen LogP contribution >= 0.6 is 0 Å². The van der Waals surface area contributed by atoms with E-state index in [4.69, 9.17) is 0 Å². The van der Waals surface area contributed by atoms with Crippen LogP contribution in [0.4, 0.5) is 11.4 Å². The molecule has 0 bridgehead atoms. The van der Waals surface area contributed by atoms with Gasteiger partial charge >= 0.3 is 0 Å². The van der Waals surface area contributed by atoms with Gasteiger partial charge in [0.25, 0.3) is 0 Å². The molecule has 0 atom stereocenters. The molecular weight excluding hydrogens is 306 g/mol. The molecule has 25 heavy (non-hydrogen) atoms. The molecule has 0 aliphatic rings. The van der Waals surface area contributed by atoms with Crippen LogP contribution in [0.5, 0.6) is 0 Å². The minimum atomic E-state index is 0.0606. The second kappa shape index (κ2) is 6.94. The number of hydrogen-bond acceptors (Lipinski definition) is 2. The standard InChI is InChI=1S/C23H23NO/c1-15-9-8-10-16(2)21(15)24-22-17(3)13-20(14-18(22)4)23(25)19-11-6-5-7-12-19/h5-14,24H,1-4H3. The number of ketones is 1. The van der Waals surface area contributed by atoms with E-state index in [0.29, 0.717) is 0 Å². The number of para-hydroxylation sites is 1. The molecule has 126 valence electrons. The SMILES string of the molecule is Cc1cccc(C)c1Nc1c(C)cc(C(=O)c2ccccc2)cc1C. The molecule has 0 aliphatic carbocycles. The predicted octanol–water partition coefficient (Wildman–Crippen LogP) is 5.89. The summed E-state index contributed by atoms with van der Waals surface area (Å²) in [6.45, 7) is 8.30. The van der Waals surface area contributed by atoms with Crippen molar-refractivity contribution in [3.8, 4) is 0 Å². The number of carbonyl (C=O) groups excluding carboxylic acids is 1. The number of carbonyl (C=O) groups is 1. The molecule has 1 N–H and O–H groups in total. The maximum Gasteiger partial charge on any atom is 0.193 e. The van der Waals surface area contributed by atoms with E-state index < -0.39 is 0 Å². The smallest absolute Gasteiger partial charge is 0.193 e. The molecule has 0 saturated carbocycles. The monoisotopic (exact) mass is 329 g/mol. The van der Waals surface area contributed by atoms with Crippen LogP contribution in [0, 0.1) is 27.7 Å². The van der Waals surface area contributed by atoms with Gasteiger partial charge in [0.05, 0.1) is 0 Å². The van der Waals surface area contributed by atoms with Gasteiger partial charge in [-0.05, 0) is 62.1 Å². The quantitative estimate of drug-likeness (QED) is 0.604. The fraction of sp³-hybridized carbons (Fsp3) is 0.174. The average Bonchev–Trinajstić information content (AvgIpc) is 2.60. The molecule has 0 radical (unpaired) electrons. The van der Waals surface area contributed by atoms with Crippen molar-refractivity contribution in [3.05, 3.63) is 94.0 Å². The molecule has 0 amide bonds. The molecule has 0 spiro atoms. The van der Waals surface area contributed by atoms with Crippen LogP contribution in [0.25, 0.3) is 0 Å². The first-order chi connectivity index (χ1) is 12.0. The summed E-state index contributed by atoms with van der Waals surface area (Å²) in [7, 11) is 0. The first kappa shape index (κ1) is 17.0. The molecule has 3 aromatic carbocycles. The molecule has 3 rings (SSSR count). The highest BCUT2D eigenvalue weighted by molar-refractivity contribution is 6.09. The Morgan fingerprint density at radius 3 is 1.72 bits per heavy atom. The van der Waals surface area contributed by atoms with Crippen LogP contribution in [-0.2, 0) is 0 Å². The van der Waals surface area contributed by atoms with Crippen molar-refractivity contribution >= 4 is 17.2 Å². The summed E-state index contributed by atoms with van der Waals surface area (Å²) in [6.07, 6.45) is 0. The number of anilines is 2. The van der Waals surface area contributed by atoms with Crippen LogP contribution in [0.15, 0.2) is 60.7 Å². The average molecular weight is 329 g/mol. The van der Waals surface area contributed by atoms with Gasteiger partial charge in [-0.2, -0.15) is 0 Å². The van der Waals surface area contributed by atoms with Gasteiger partial charge in [0.2, 0.25) is 0 Å². The van der Waals surface area contributed by atoms with Gasteiger partial charge in [0.1, 0.15) is 0 Å². The van der Waals surface area contributed by atoms with Crippen molar-refractivity contribution in [1.29, 1.82) is 0 Å². The van der Waals surface area contributed by atoms with Crippen molar-refractivity contribution in [2.75, 3.05) is 5.32 Å². The Bertz CT molecular complexity index is 883. The Balaban J connectivity index is 1.97. The number of hydrogen-bond donors (Lipinski definition) is 1. The summed E-state index contributed by atoms with van der Waals surface area (Å²) in [4.78, 5) is 12.7. The van der Waals surface area contributed by atoms with Crippen molar-refractivity contribution < 1.29 is 4.79 Å². The summed E-state index contributed by atoms with van der Waals surface area (Å²) in [5.74, 6) is 0.0606.